The summed E-state index contributed by atoms with van der Waals surface area (Å²) < 4.78 is 40.9. The first-order chi connectivity index (χ1) is 11.9. The summed E-state index contributed by atoms with van der Waals surface area (Å²) >= 11 is 0. The number of benzene rings is 1. The van der Waals surface area contributed by atoms with Crippen LogP contribution in [0.15, 0.2) is 41.4 Å². The summed E-state index contributed by atoms with van der Waals surface area (Å²) in [7, 11) is -2.55. The third kappa shape index (κ3) is 3.69. The van der Waals surface area contributed by atoms with Crippen molar-refractivity contribution in [2.45, 2.75) is 24.2 Å². The maximum atomic E-state index is 14.4. The van der Waals surface area contributed by atoms with Crippen LogP contribution < -0.4 is 5.32 Å². The molecule has 8 heteroatoms. The van der Waals surface area contributed by atoms with E-state index < -0.39 is 15.8 Å². The molecule has 0 saturated heterocycles. The number of fused-ring (bicyclic) bond motifs is 1. The van der Waals surface area contributed by atoms with Gasteiger partial charge in [-0.05, 0) is 36.2 Å². The lowest BCUT2D eigenvalue weighted by molar-refractivity contribution is -0.116. The number of sulfonamides is 1. The Kier molecular flexibility index (Phi) is 4.82. The second kappa shape index (κ2) is 6.89. The lowest BCUT2D eigenvalue weighted by atomic mass is 10.0. The predicted molar refractivity (Wildman–Crippen MR) is 91.1 cm³/mol. The average Bonchev–Trinajstić information content (AvgIpc) is 2.59. The van der Waals surface area contributed by atoms with Crippen LogP contribution in [0.2, 0.25) is 0 Å². The molecule has 0 fully saturated rings. The molecule has 1 amide bonds. The molecule has 0 bridgehead atoms. The number of likely N-dealkylation sites (N-methyl/N-ethyl adjacent to an activating group) is 1. The summed E-state index contributed by atoms with van der Waals surface area (Å²) in [6.07, 6.45) is 2.72. The number of amides is 1. The van der Waals surface area contributed by atoms with Crippen LogP contribution in [-0.4, -0.2) is 37.2 Å². The Bertz CT molecular complexity index is 901. The highest BCUT2D eigenvalue weighted by Gasteiger charge is 2.27. The van der Waals surface area contributed by atoms with Crippen LogP contribution in [0.3, 0.4) is 0 Å². The van der Waals surface area contributed by atoms with Gasteiger partial charge in [-0.2, -0.15) is 0 Å². The van der Waals surface area contributed by atoms with E-state index in [-0.39, 0.29) is 23.8 Å². The molecule has 0 atom stereocenters. The van der Waals surface area contributed by atoms with Gasteiger partial charge in [-0.1, -0.05) is 6.07 Å². The van der Waals surface area contributed by atoms with Gasteiger partial charge in [0, 0.05) is 44.0 Å². The Morgan fingerprint density at radius 3 is 2.80 bits per heavy atom. The molecule has 6 nitrogen and oxygen atoms in total. The summed E-state index contributed by atoms with van der Waals surface area (Å²) in [4.78, 5) is 15.2. The maximum Gasteiger partial charge on any atom is 0.245 e. The number of carbonyl (C=O) groups excluding carboxylic acids is 1. The molecule has 1 N–H and O–H groups in total. The zero-order chi connectivity index (χ0) is 18.0. The van der Waals surface area contributed by atoms with Gasteiger partial charge in [0.05, 0.1) is 0 Å². The Morgan fingerprint density at radius 2 is 2.08 bits per heavy atom. The fraction of sp³-hybridized carbons (Fsp3) is 0.294. The number of aromatic nitrogens is 1. The first kappa shape index (κ1) is 17.5. The molecule has 1 aliphatic rings. The molecule has 1 aromatic heterocycles. The van der Waals surface area contributed by atoms with Gasteiger partial charge in [-0.25, -0.2) is 17.1 Å². The molecule has 132 valence electrons. The molecule has 0 spiro atoms. The van der Waals surface area contributed by atoms with Crippen molar-refractivity contribution in [2.24, 2.45) is 0 Å². The van der Waals surface area contributed by atoms with Crippen LogP contribution in [0.4, 0.5) is 10.1 Å². The minimum atomic E-state index is -3.97. The largest absolute Gasteiger partial charge is 0.326 e. The molecule has 0 radical (unpaired) electrons. The van der Waals surface area contributed by atoms with Gasteiger partial charge in [0.15, 0.2) is 0 Å². The highest BCUT2D eigenvalue weighted by molar-refractivity contribution is 7.89. The van der Waals surface area contributed by atoms with Crippen LogP contribution in [0.5, 0.6) is 0 Å². The van der Waals surface area contributed by atoms with Crippen LogP contribution >= 0.6 is 0 Å². The number of hydrogen-bond donors (Lipinski definition) is 1. The maximum absolute atomic E-state index is 14.4. The van der Waals surface area contributed by atoms with E-state index >= 15 is 0 Å². The fourth-order valence-electron chi connectivity index (χ4n) is 2.68. The molecule has 1 aromatic carbocycles. The van der Waals surface area contributed by atoms with Gasteiger partial charge < -0.3 is 5.32 Å². The van der Waals surface area contributed by atoms with Crippen LogP contribution in [0, 0.1) is 5.82 Å². The number of hydrogen-bond acceptors (Lipinski definition) is 4. The predicted octanol–water partition coefficient (Wildman–Crippen LogP) is 1.97. The van der Waals surface area contributed by atoms with Gasteiger partial charge in [-0.15, -0.1) is 0 Å². The monoisotopic (exact) mass is 363 g/mol. The molecule has 2 aromatic rings. The quantitative estimate of drug-likeness (QED) is 0.881. The van der Waals surface area contributed by atoms with E-state index in [0.717, 1.165) is 16.1 Å². The Hall–Kier alpha value is -2.32. The summed E-state index contributed by atoms with van der Waals surface area (Å²) in [5.74, 6) is -1.07. The molecule has 1 aliphatic heterocycles. The van der Waals surface area contributed by atoms with E-state index in [9.17, 15) is 17.6 Å². The molecule has 2 heterocycles. The third-order valence-corrected chi connectivity index (χ3v) is 6.02. The summed E-state index contributed by atoms with van der Waals surface area (Å²) in [5.41, 5.74) is 1.72. The molecule has 0 aliphatic carbocycles. The molecule has 0 unspecified atom stereocenters. The van der Waals surface area contributed by atoms with E-state index in [4.69, 9.17) is 0 Å². The number of carbonyl (C=O) groups is 1. The number of aryl methyl sites for hydroxylation is 1. The number of pyridine rings is 1. The summed E-state index contributed by atoms with van der Waals surface area (Å²) in [6, 6.07) is 7.81. The standard InChI is InChI=1S/C17H18FN3O3S/c1-21(9-7-13-4-2-3-8-19-13)25(23,24)16-10-12-5-6-17(22)20-15(12)11-14(16)18/h2-4,8,10-11H,5-7,9H2,1H3,(H,20,22). The van der Waals surface area contributed by atoms with Crippen LogP contribution in [-0.2, 0) is 27.7 Å². The minimum Gasteiger partial charge on any atom is -0.326 e. The Labute approximate surface area is 145 Å². The SMILES string of the molecule is CN(CCc1ccccn1)S(=O)(=O)c1cc2c(cc1F)NC(=O)CC2. The average molecular weight is 363 g/mol. The first-order valence-electron chi connectivity index (χ1n) is 7.86. The zero-order valence-corrected chi connectivity index (χ0v) is 14.5. The molecule has 0 saturated carbocycles. The first-order valence-corrected chi connectivity index (χ1v) is 9.30. The topological polar surface area (TPSA) is 79.4 Å². The molecule has 25 heavy (non-hydrogen) atoms. The van der Waals surface area contributed by atoms with Crippen molar-refractivity contribution >= 4 is 21.6 Å². The van der Waals surface area contributed by atoms with E-state index in [2.05, 4.69) is 10.3 Å². The zero-order valence-electron chi connectivity index (χ0n) is 13.7. The van der Waals surface area contributed by atoms with Gasteiger partial charge in [-0.3, -0.25) is 9.78 Å². The van der Waals surface area contributed by atoms with Crippen molar-refractivity contribution in [3.63, 3.8) is 0 Å². The lowest BCUT2D eigenvalue weighted by Gasteiger charge is -2.21. The summed E-state index contributed by atoms with van der Waals surface area (Å²) in [6.45, 7) is 0.187. The highest BCUT2D eigenvalue weighted by atomic mass is 32.2. The normalized spacial score (nSPS) is 14.3. The number of anilines is 1. The van der Waals surface area contributed by atoms with Crippen molar-refractivity contribution in [1.82, 2.24) is 9.29 Å². The van der Waals surface area contributed by atoms with Gasteiger partial charge in [0.2, 0.25) is 15.9 Å². The number of halogens is 1. The molecular weight excluding hydrogens is 345 g/mol. The highest BCUT2D eigenvalue weighted by Crippen LogP contribution is 2.29. The van der Waals surface area contributed by atoms with Crippen LogP contribution in [0.1, 0.15) is 17.7 Å². The van der Waals surface area contributed by atoms with Gasteiger partial charge in [0.25, 0.3) is 0 Å². The molecule has 3 rings (SSSR count). The van der Waals surface area contributed by atoms with Gasteiger partial charge >= 0.3 is 0 Å². The van der Waals surface area contributed by atoms with Crippen molar-refractivity contribution in [2.75, 3.05) is 18.9 Å². The summed E-state index contributed by atoms with van der Waals surface area (Å²) in [5, 5.41) is 2.56. The fourth-order valence-corrected chi connectivity index (χ4v) is 3.95. The van der Waals surface area contributed by atoms with E-state index in [0.29, 0.717) is 24.1 Å². The van der Waals surface area contributed by atoms with Crippen molar-refractivity contribution in [3.05, 3.63) is 53.6 Å². The van der Waals surface area contributed by atoms with Gasteiger partial charge in [0.1, 0.15) is 10.7 Å². The smallest absolute Gasteiger partial charge is 0.245 e. The second-order valence-electron chi connectivity index (χ2n) is 5.89. The van der Waals surface area contributed by atoms with E-state index in [1.54, 1.807) is 12.3 Å². The lowest BCUT2D eigenvalue weighted by Crippen LogP contribution is -2.30. The minimum absolute atomic E-state index is 0.187. The van der Waals surface area contributed by atoms with Crippen molar-refractivity contribution < 1.29 is 17.6 Å². The third-order valence-electron chi connectivity index (χ3n) is 4.15. The number of rotatable bonds is 5. The second-order valence-corrected chi connectivity index (χ2v) is 7.90. The number of nitrogens with one attached hydrogen (secondary N) is 1. The number of nitrogens with zero attached hydrogens (tertiary/aromatic N) is 2. The molecular formula is C17H18FN3O3S. The van der Waals surface area contributed by atoms with E-state index in [1.807, 2.05) is 12.1 Å². The Balaban J connectivity index is 1.83. The Morgan fingerprint density at radius 1 is 1.28 bits per heavy atom. The van der Waals surface area contributed by atoms with Crippen molar-refractivity contribution in [3.8, 4) is 0 Å². The van der Waals surface area contributed by atoms with E-state index in [1.165, 1.54) is 13.1 Å². The van der Waals surface area contributed by atoms with Crippen molar-refractivity contribution in [1.29, 1.82) is 0 Å². The van der Waals surface area contributed by atoms with Crippen LogP contribution in [0.25, 0.3) is 0 Å².